The number of thiophene rings is 1. The molecule has 1 atom stereocenters. The summed E-state index contributed by atoms with van der Waals surface area (Å²) < 4.78 is 34.6. The standard InChI is InChI=1S/C19H18ClN3O4S2/c1-27-19(24)16-9-15-17(11-23(16)29(25,26)18-3-2-8-28-18)22(12-21-15)10-13-4-6-14(20)7-5-13/h2-8,12,16H,9-11H2,1H3/t16-/m1/s1. The second kappa shape index (κ2) is 7.91. The van der Waals surface area contributed by atoms with Gasteiger partial charge >= 0.3 is 5.97 Å². The molecular formula is C19H18ClN3O4S2. The van der Waals surface area contributed by atoms with Crippen LogP contribution in [0.1, 0.15) is 17.0 Å². The number of hydrogen-bond donors (Lipinski definition) is 0. The van der Waals surface area contributed by atoms with Gasteiger partial charge in [-0.15, -0.1) is 11.3 Å². The predicted molar refractivity (Wildman–Crippen MR) is 109 cm³/mol. The fraction of sp³-hybridized carbons (Fsp3) is 0.263. The van der Waals surface area contributed by atoms with E-state index < -0.39 is 22.0 Å². The zero-order valence-electron chi connectivity index (χ0n) is 15.5. The van der Waals surface area contributed by atoms with Gasteiger partial charge in [-0.1, -0.05) is 29.8 Å². The molecule has 0 radical (unpaired) electrons. The van der Waals surface area contributed by atoms with Gasteiger partial charge in [-0.2, -0.15) is 4.31 Å². The molecule has 152 valence electrons. The van der Waals surface area contributed by atoms with Crippen molar-refractivity contribution in [2.75, 3.05) is 7.11 Å². The highest BCUT2D eigenvalue weighted by Gasteiger charge is 2.42. The molecule has 0 bridgehead atoms. The molecule has 0 amide bonds. The van der Waals surface area contributed by atoms with E-state index in [1.54, 1.807) is 29.9 Å². The Hall–Kier alpha value is -2.20. The highest BCUT2D eigenvalue weighted by Crippen LogP contribution is 2.31. The fourth-order valence-corrected chi connectivity index (χ4v) is 6.17. The van der Waals surface area contributed by atoms with Crippen LogP contribution in [0, 0.1) is 0 Å². The van der Waals surface area contributed by atoms with Gasteiger partial charge in [0.1, 0.15) is 10.3 Å². The zero-order valence-corrected chi connectivity index (χ0v) is 17.9. The van der Waals surface area contributed by atoms with Crippen molar-refractivity contribution in [1.29, 1.82) is 0 Å². The predicted octanol–water partition coefficient (Wildman–Crippen LogP) is 2.93. The molecule has 1 aliphatic heterocycles. The molecule has 3 heterocycles. The second-order valence-electron chi connectivity index (χ2n) is 6.62. The Morgan fingerprint density at radius 2 is 2.07 bits per heavy atom. The van der Waals surface area contributed by atoms with E-state index in [0.29, 0.717) is 17.3 Å². The van der Waals surface area contributed by atoms with Crippen LogP contribution in [-0.2, 0) is 39.1 Å². The van der Waals surface area contributed by atoms with Crippen LogP contribution in [0.25, 0.3) is 0 Å². The normalized spacial score (nSPS) is 17.1. The first-order chi connectivity index (χ1) is 13.9. The number of fused-ring (bicyclic) bond motifs is 1. The number of rotatable bonds is 5. The lowest BCUT2D eigenvalue weighted by atomic mass is 10.1. The van der Waals surface area contributed by atoms with Crippen molar-refractivity contribution >= 4 is 38.9 Å². The molecule has 10 heteroatoms. The number of halogens is 1. The van der Waals surface area contributed by atoms with Gasteiger partial charge in [-0.05, 0) is 29.1 Å². The van der Waals surface area contributed by atoms with E-state index in [-0.39, 0.29) is 17.2 Å². The average molecular weight is 452 g/mol. The van der Waals surface area contributed by atoms with Gasteiger partial charge in [-0.25, -0.2) is 13.4 Å². The fourth-order valence-electron chi connectivity index (χ4n) is 3.38. The van der Waals surface area contributed by atoms with Crippen molar-refractivity contribution in [2.45, 2.75) is 29.8 Å². The van der Waals surface area contributed by atoms with Crippen molar-refractivity contribution in [1.82, 2.24) is 13.9 Å². The molecule has 0 unspecified atom stereocenters. The minimum absolute atomic E-state index is 0.0446. The largest absolute Gasteiger partial charge is 0.468 e. The topological polar surface area (TPSA) is 81.5 Å². The summed E-state index contributed by atoms with van der Waals surface area (Å²) >= 11 is 7.07. The van der Waals surface area contributed by atoms with Crippen molar-refractivity contribution in [3.05, 3.63) is 70.1 Å². The zero-order chi connectivity index (χ0) is 20.6. The summed E-state index contributed by atoms with van der Waals surface area (Å²) in [5, 5.41) is 2.34. The number of hydrogen-bond acceptors (Lipinski definition) is 6. The second-order valence-corrected chi connectivity index (χ2v) is 10.1. The lowest BCUT2D eigenvalue weighted by molar-refractivity contribution is -0.145. The number of benzene rings is 1. The Morgan fingerprint density at radius 1 is 1.31 bits per heavy atom. The molecule has 7 nitrogen and oxygen atoms in total. The SMILES string of the molecule is COC(=O)[C@H]1Cc2ncn(Cc3ccc(Cl)cc3)c2CN1S(=O)(=O)c1cccs1. The molecule has 0 saturated carbocycles. The van der Waals surface area contributed by atoms with E-state index in [2.05, 4.69) is 4.98 Å². The summed E-state index contributed by atoms with van der Waals surface area (Å²) in [6.45, 7) is 0.568. The number of aromatic nitrogens is 2. The lowest BCUT2D eigenvalue weighted by Crippen LogP contribution is -2.49. The first-order valence-corrected chi connectivity index (χ1v) is 11.5. The van der Waals surface area contributed by atoms with E-state index >= 15 is 0 Å². The lowest BCUT2D eigenvalue weighted by Gasteiger charge is -2.32. The van der Waals surface area contributed by atoms with Crippen LogP contribution in [0.4, 0.5) is 0 Å². The van der Waals surface area contributed by atoms with Crippen molar-refractivity contribution in [2.24, 2.45) is 0 Å². The van der Waals surface area contributed by atoms with Crippen LogP contribution in [0.3, 0.4) is 0 Å². The van der Waals surface area contributed by atoms with Crippen LogP contribution in [0.5, 0.6) is 0 Å². The van der Waals surface area contributed by atoms with E-state index in [9.17, 15) is 13.2 Å². The smallest absolute Gasteiger partial charge is 0.324 e. The molecular weight excluding hydrogens is 434 g/mol. The third kappa shape index (κ3) is 3.83. The highest BCUT2D eigenvalue weighted by molar-refractivity contribution is 7.91. The number of esters is 1. The Labute approximate surface area is 177 Å². The van der Waals surface area contributed by atoms with Crippen LogP contribution >= 0.6 is 22.9 Å². The van der Waals surface area contributed by atoms with Gasteiger partial charge in [0.15, 0.2) is 0 Å². The summed E-state index contributed by atoms with van der Waals surface area (Å²) in [7, 11) is -2.59. The molecule has 1 aliphatic rings. The maximum absolute atomic E-state index is 13.2. The number of imidazole rings is 1. The molecule has 4 rings (SSSR count). The monoisotopic (exact) mass is 451 g/mol. The van der Waals surface area contributed by atoms with E-state index in [0.717, 1.165) is 22.6 Å². The summed E-state index contributed by atoms with van der Waals surface area (Å²) in [6, 6.07) is 9.70. The van der Waals surface area contributed by atoms with Gasteiger partial charge in [0.25, 0.3) is 10.0 Å². The van der Waals surface area contributed by atoms with Crippen LogP contribution in [0.2, 0.25) is 5.02 Å². The molecule has 29 heavy (non-hydrogen) atoms. The quantitative estimate of drug-likeness (QED) is 0.557. The van der Waals surface area contributed by atoms with Gasteiger partial charge in [-0.3, -0.25) is 4.79 Å². The van der Waals surface area contributed by atoms with Crippen LogP contribution in [0.15, 0.2) is 52.3 Å². The first kappa shape index (κ1) is 20.1. The van der Waals surface area contributed by atoms with Gasteiger partial charge < -0.3 is 9.30 Å². The maximum atomic E-state index is 13.2. The molecule has 2 aromatic heterocycles. The Morgan fingerprint density at radius 3 is 2.72 bits per heavy atom. The minimum Gasteiger partial charge on any atom is -0.468 e. The number of ether oxygens (including phenoxy) is 1. The van der Waals surface area contributed by atoms with E-state index in [1.807, 2.05) is 16.7 Å². The van der Waals surface area contributed by atoms with Gasteiger partial charge in [0.05, 0.1) is 31.4 Å². The molecule has 0 fully saturated rings. The third-order valence-corrected chi connectivity index (χ3v) is 8.35. The number of carbonyl (C=O) groups excluding carboxylic acids is 1. The molecule has 0 aliphatic carbocycles. The van der Waals surface area contributed by atoms with E-state index in [1.165, 1.54) is 17.5 Å². The molecule has 0 N–H and O–H groups in total. The van der Waals surface area contributed by atoms with Crippen LogP contribution in [-0.4, -0.2) is 41.4 Å². The van der Waals surface area contributed by atoms with Crippen LogP contribution < -0.4 is 0 Å². The van der Waals surface area contributed by atoms with Crippen molar-refractivity contribution < 1.29 is 17.9 Å². The highest BCUT2D eigenvalue weighted by atomic mass is 35.5. The van der Waals surface area contributed by atoms with Crippen molar-refractivity contribution in [3.63, 3.8) is 0 Å². The first-order valence-electron chi connectivity index (χ1n) is 8.80. The summed E-state index contributed by atoms with van der Waals surface area (Å²) in [5.41, 5.74) is 2.48. The molecule has 0 saturated heterocycles. The summed E-state index contributed by atoms with van der Waals surface area (Å²) in [6.07, 6.45) is 1.84. The number of methoxy groups -OCH3 is 1. The van der Waals surface area contributed by atoms with E-state index in [4.69, 9.17) is 16.3 Å². The van der Waals surface area contributed by atoms with Crippen molar-refractivity contribution in [3.8, 4) is 0 Å². The minimum atomic E-state index is -3.85. The molecule has 3 aromatic rings. The van der Waals surface area contributed by atoms with Gasteiger partial charge in [0.2, 0.25) is 0 Å². The summed E-state index contributed by atoms with van der Waals surface area (Å²) in [5.74, 6) is -0.594. The average Bonchev–Trinajstić information content (AvgIpc) is 3.39. The number of nitrogens with zero attached hydrogens (tertiary/aromatic N) is 3. The summed E-state index contributed by atoms with van der Waals surface area (Å²) in [4.78, 5) is 16.8. The molecule has 0 spiro atoms. The number of carbonyl (C=O) groups is 1. The van der Waals surface area contributed by atoms with Gasteiger partial charge in [0, 0.05) is 18.0 Å². The Bertz CT molecular complexity index is 1120. The molecule has 1 aromatic carbocycles. The third-order valence-electron chi connectivity index (χ3n) is 4.87. The Balaban J connectivity index is 1.71. The number of sulfonamides is 1. The maximum Gasteiger partial charge on any atom is 0.324 e. The Kier molecular flexibility index (Phi) is 5.48.